The van der Waals surface area contributed by atoms with Crippen LogP contribution in [0.5, 0.6) is 5.75 Å². The number of nitriles is 1. The van der Waals surface area contributed by atoms with E-state index in [4.69, 9.17) is 19.5 Å². The lowest BCUT2D eigenvalue weighted by molar-refractivity contribution is -0.384. The average Bonchev–Trinajstić information content (AvgIpc) is 2.88. The Kier molecular flexibility index (Phi) is 9.17. The second-order valence-corrected chi connectivity index (χ2v) is 8.59. The molecule has 0 bridgehead atoms. The van der Waals surface area contributed by atoms with Gasteiger partial charge in [0.2, 0.25) is 0 Å². The lowest BCUT2D eigenvalue weighted by Crippen LogP contribution is -2.32. The second kappa shape index (κ2) is 12.5. The molecule has 9 nitrogen and oxygen atoms in total. The van der Waals surface area contributed by atoms with Crippen LogP contribution < -0.4 is 4.74 Å². The average molecular weight is 493 g/mol. The molecule has 2 aromatic rings. The van der Waals surface area contributed by atoms with Gasteiger partial charge in [0.15, 0.2) is 0 Å². The van der Waals surface area contributed by atoms with Gasteiger partial charge < -0.3 is 14.2 Å². The number of cyclic esters (lactones) is 1. The van der Waals surface area contributed by atoms with Gasteiger partial charge in [0.25, 0.3) is 5.69 Å². The number of carbonyl (C=O) groups excluding carboxylic acids is 2. The van der Waals surface area contributed by atoms with Crippen molar-refractivity contribution in [2.75, 3.05) is 7.11 Å². The first kappa shape index (κ1) is 26.4. The number of fused-ring (bicyclic) bond motifs is 1. The summed E-state index contributed by atoms with van der Waals surface area (Å²) in [6, 6.07) is 12.6. The van der Waals surface area contributed by atoms with Crippen LogP contribution in [0.4, 0.5) is 5.69 Å². The van der Waals surface area contributed by atoms with Gasteiger partial charge in [0, 0.05) is 25.0 Å². The summed E-state index contributed by atoms with van der Waals surface area (Å²) >= 11 is 0. The molecule has 0 N–H and O–H groups in total. The number of nitrogens with zero attached hydrogens (tertiary/aromatic N) is 2. The van der Waals surface area contributed by atoms with E-state index in [0.717, 1.165) is 5.56 Å². The number of esters is 2. The lowest BCUT2D eigenvalue weighted by Gasteiger charge is -2.28. The number of hydrogen-bond acceptors (Lipinski definition) is 8. The van der Waals surface area contributed by atoms with Crippen LogP contribution in [0.2, 0.25) is 0 Å². The summed E-state index contributed by atoms with van der Waals surface area (Å²) in [5.41, 5.74) is 1.15. The van der Waals surface area contributed by atoms with Crippen LogP contribution in [0.15, 0.2) is 54.6 Å². The maximum absolute atomic E-state index is 13.2. The van der Waals surface area contributed by atoms with Crippen LogP contribution in [0.3, 0.4) is 0 Å². The zero-order valence-electron chi connectivity index (χ0n) is 20.2. The Morgan fingerprint density at radius 1 is 1.22 bits per heavy atom. The summed E-state index contributed by atoms with van der Waals surface area (Å²) < 4.78 is 17.1. The highest BCUT2D eigenvalue weighted by Gasteiger charge is 2.30. The van der Waals surface area contributed by atoms with E-state index >= 15 is 0 Å². The Hall–Kier alpha value is -4.19. The van der Waals surface area contributed by atoms with Crippen molar-refractivity contribution in [3.8, 4) is 11.8 Å². The highest BCUT2D eigenvalue weighted by Crippen LogP contribution is 2.28. The number of benzene rings is 2. The largest absolute Gasteiger partial charge is 0.496 e. The van der Waals surface area contributed by atoms with Gasteiger partial charge in [-0.2, -0.15) is 5.26 Å². The van der Waals surface area contributed by atoms with Crippen LogP contribution >= 0.6 is 0 Å². The molecule has 9 heteroatoms. The zero-order chi connectivity index (χ0) is 26.1. The van der Waals surface area contributed by atoms with E-state index in [1.807, 2.05) is 31.2 Å². The van der Waals surface area contributed by atoms with Crippen LogP contribution in [0.1, 0.15) is 58.9 Å². The number of nitro benzene ring substituents is 1. The van der Waals surface area contributed by atoms with Gasteiger partial charge in [-0.05, 0) is 48.9 Å². The molecule has 188 valence electrons. The summed E-state index contributed by atoms with van der Waals surface area (Å²) in [6.45, 7) is 1.93. The molecule has 1 heterocycles. The molecule has 36 heavy (non-hydrogen) atoms. The van der Waals surface area contributed by atoms with Gasteiger partial charge in [-0.1, -0.05) is 31.2 Å². The molecule has 0 saturated heterocycles. The molecule has 0 amide bonds. The van der Waals surface area contributed by atoms with Gasteiger partial charge in [-0.25, -0.2) is 9.59 Å². The SMILES string of the molecule is COc1cccc2c1C(=O)O[C@@H](CCC#N)CC(OC(=O)c1ccc([N+](=O)[O-])cc1)[C@@H](C)C/C=C/C2. The second-order valence-electron chi connectivity index (χ2n) is 8.59. The Bertz CT molecular complexity index is 1170. The van der Waals surface area contributed by atoms with Crippen molar-refractivity contribution < 1.29 is 28.7 Å². The predicted octanol–water partition coefficient (Wildman–Crippen LogP) is 5.19. The van der Waals surface area contributed by atoms with Gasteiger partial charge in [-0.3, -0.25) is 10.1 Å². The third-order valence-electron chi connectivity index (χ3n) is 6.10. The minimum absolute atomic E-state index is 0.115. The van der Waals surface area contributed by atoms with Gasteiger partial charge in [0.05, 0.1) is 23.7 Å². The molecule has 0 aromatic heterocycles. The number of rotatable bonds is 6. The number of ether oxygens (including phenoxy) is 3. The van der Waals surface area contributed by atoms with Crippen molar-refractivity contribution in [2.24, 2.45) is 5.92 Å². The minimum Gasteiger partial charge on any atom is -0.496 e. The highest BCUT2D eigenvalue weighted by molar-refractivity contribution is 5.94. The molecular formula is C27H28N2O7. The quantitative estimate of drug-likeness (QED) is 0.233. The molecule has 0 fully saturated rings. The normalized spacial score (nSPS) is 20.9. The molecule has 1 aliphatic rings. The van der Waals surface area contributed by atoms with Crippen molar-refractivity contribution in [3.63, 3.8) is 0 Å². The third kappa shape index (κ3) is 6.69. The monoisotopic (exact) mass is 492 g/mol. The number of nitro groups is 1. The fourth-order valence-electron chi connectivity index (χ4n) is 4.06. The summed E-state index contributed by atoms with van der Waals surface area (Å²) in [4.78, 5) is 36.4. The molecule has 0 saturated carbocycles. The Morgan fingerprint density at radius 2 is 1.97 bits per heavy atom. The van der Waals surface area contributed by atoms with E-state index in [0.29, 0.717) is 24.2 Å². The molecule has 1 unspecified atom stereocenters. The Labute approximate surface area is 209 Å². The molecule has 0 spiro atoms. The van der Waals surface area contributed by atoms with Gasteiger partial charge >= 0.3 is 11.9 Å². The lowest BCUT2D eigenvalue weighted by atomic mass is 9.93. The summed E-state index contributed by atoms with van der Waals surface area (Å²) in [7, 11) is 1.48. The van der Waals surface area contributed by atoms with Crippen molar-refractivity contribution in [1.29, 1.82) is 5.26 Å². The fraction of sp³-hybridized carbons (Fsp3) is 0.370. The molecule has 3 atom stereocenters. The van der Waals surface area contributed by atoms with Crippen LogP contribution in [0, 0.1) is 27.4 Å². The van der Waals surface area contributed by atoms with Crippen molar-refractivity contribution in [3.05, 3.63) is 81.4 Å². The highest BCUT2D eigenvalue weighted by atomic mass is 16.6. The van der Waals surface area contributed by atoms with Gasteiger partial charge in [0.1, 0.15) is 23.5 Å². The molecule has 0 radical (unpaired) electrons. The fourth-order valence-corrected chi connectivity index (χ4v) is 4.06. The van der Waals surface area contributed by atoms with Crippen LogP contribution in [-0.4, -0.2) is 36.2 Å². The summed E-state index contributed by atoms with van der Waals surface area (Å²) in [6.07, 6.45) is 4.38. The first-order valence-corrected chi connectivity index (χ1v) is 11.7. The number of methoxy groups -OCH3 is 1. The van der Waals surface area contributed by atoms with E-state index in [9.17, 15) is 19.7 Å². The number of hydrogen-bond donors (Lipinski definition) is 0. The van der Waals surface area contributed by atoms with Crippen molar-refractivity contribution >= 4 is 17.6 Å². The maximum atomic E-state index is 13.2. The predicted molar refractivity (Wildman–Crippen MR) is 131 cm³/mol. The Balaban J connectivity index is 1.88. The summed E-state index contributed by atoms with van der Waals surface area (Å²) in [5, 5.41) is 20.0. The van der Waals surface area contributed by atoms with Crippen molar-refractivity contribution in [1.82, 2.24) is 0 Å². The molecular weight excluding hydrogens is 464 g/mol. The number of carbonyl (C=O) groups is 2. The first-order valence-electron chi connectivity index (χ1n) is 11.7. The van der Waals surface area contributed by atoms with Crippen molar-refractivity contribution in [2.45, 2.75) is 51.2 Å². The Morgan fingerprint density at radius 3 is 2.64 bits per heavy atom. The molecule has 0 aliphatic carbocycles. The van der Waals surface area contributed by atoms with E-state index in [1.54, 1.807) is 6.07 Å². The standard InChI is InChI=1S/C27H28N2O7/c1-18-7-3-4-8-19-9-5-11-23(34-2)25(19)27(31)35-22(10-6-16-28)17-24(18)36-26(30)20-12-14-21(15-13-20)29(32)33/h3-5,9,11-15,18,22,24H,6-8,10,17H2,1-2H3/b4-3+/t18-,22-,24?/m0/s1. The minimum atomic E-state index is -0.671. The first-order chi connectivity index (χ1) is 17.3. The topological polar surface area (TPSA) is 129 Å². The summed E-state index contributed by atoms with van der Waals surface area (Å²) in [5.74, 6) is -0.907. The van der Waals surface area contributed by atoms with E-state index in [-0.39, 0.29) is 36.4 Å². The molecule has 2 aromatic carbocycles. The maximum Gasteiger partial charge on any atom is 0.342 e. The van der Waals surface area contributed by atoms with Crippen LogP contribution in [-0.2, 0) is 15.9 Å². The van der Waals surface area contributed by atoms with Crippen LogP contribution in [0.25, 0.3) is 0 Å². The van der Waals surface area contributed by atoms with E-state index < -0.39 is 29.1 Å². The molecule has 1 aliphatic heterocycles. The van der Waals surface area contributed by atoms with E-state index in [1.165, 1.54) is 31.4 Å². The number of allylic oxidation sites excluding steroid dienone is 2. The molecule has 3 rings (SSSR count). The third-order valence-corrected chi connectivity index (χ3v) is 6.10. The zero-order valence-corrected chi connectivity index (χ0v) is 20.2. The van der Waals surface area contributed by atoms with Gasteiger partial charge in [-0.15, -0.1) is 0 Å². The van der Waals surface area contributed by atoms with E-state index in [2.05, 4.69) is 6.07 Å². The smallest absolute Gasteiger partial charge is 0.342 e. The number of non-ortho nitro benzene ring substituents is 1.